The van der Waals surface area contributed by atoms with Gasteiger partial charge in [-0.3, -0.25) is 14.5 Å². The van der Waals surface area contributed by atoms with Crippen molar-refractivity contribution < 1.29 is 9.59 Å². The van der Waals surface area contributed by atoms with Crippen molar-refractivity contribution in [3.05, 3.63) is 0 Å². The van der Waals surface area contributed by atoms with Gasteiger partial charge in [0.05, 0.1) is 0 Å². The minimum absolute atomic E-state index is 0.0420. The summed E-state index contributed by atoms with van der Waals surface area (Å²) in [6.07, 6.45) is 8.39. The molecule has 0 bridgehead atoms. The molecule has 0 saturated carbocycles. The lowest BCUT2D eigenvalue weighted by Crippen LogP contribution is -2.38. The Hall–Kier alpha value is -0.860. The zero-order valence-electron chi connectivity index (χ0n) is 10.3. The number of carbonyl (C=O) groups is 2. The number of nitrogens with zero attached hydrogens (tertiary/aromatic N) is 1. The maximum absolute atomic E-state index is 11.9. The average molecular weight is 225 g/mol. The number of hydrogen-bond donors (Lipinski definition) is 0. The molecule has 0 spiro atoms. The lowest BCUT2D eigenvalue weighted by Gasteiger charge is -2.23. The van der Waals surface area contributed by atoms with E-state index in [9.17, 15) is 9.59 Å². The van der Waals surface area contributed by atoms with E-state index in [0.29, 0.717) is 19.4 Å². The molecule has 0 aromatic carbocycles. The van der Waals surface area contributed by atoms with E-state index in [1.54, 1.807) is 0 Å². The first-order valence-corrected chi connectivity index (χ1v) is 6.59. The highest BCUT2D eigenvalue weighted by Crippen LogP contribution is 2.13. The Balaban J connectivity index is 2.40. The van der Waals surface area contributed by atoms with Crippen LogP contribution in [0.5, 0.6) is 0 Å². The molecule has 2 amide bonds. The number of imide groups is 1. The summed E-state index contributed by atoms with van der Waals surface area (Å²) in [5.41, 5.74) is 0. The van der Waals surface area contributed by atoms with Crippen LogP contribution < -0.4 is 0 Å². The van der Waals surface area contributed by atoms with Crippen LogP contribution >= 0.6 is 0 Å². The van der Waals surface area contributed by atoms with Crippen LogP contribution in [0.3, 0.4) is 0 Å². The Morgan fingerprint density at radius 2 is 1.94 bits per heavy atom. The Morgan fingerprint density at radius 3 is 2.69 bits per heavy atom. The molecule has 1 rings (SSSR count). The minimum atomic E-state index is 0.0420. The summed E-state index contributed by atoms with van der Waals surface area (Å²) in [6.45, 7) is 2.76. The van der Waals surface area contributed by atoms with Gasteiger partial charge in [-0.05, 0) is 19.3 Å². The second-order valence-corrected chi connectivity index (χ2v) is 4.56. The average Bonchev–Trinajstić information content (AvgIpc) is 2.24. The lowest BCUT2D eigenvalue weighted by molar-refractivity contribution is -0.145. The summed E-state index contributed by atoms with van der Waals surface area (Å²) in [5.74, 6) is 0.0848. The summed E-state index contributed by atoms with van der Waals surface area (Å²) in [6, 6.07) is 0. The van der Waals surface area contributed by atoms with E-state index in [2.05, 4.69) is 6.92 Å². The van der Waals surface area contributed by atoms with Crippen LogP contribution in [0.25, 0.3) is 0 Å². The second kappa shape index (κ2) is 7.42. The van der Waals surface area contributed by atoms with Gasteiger partial charge in [0.25, 0.3) is 0 Å². The smallest absolute Gasteiger partial charge is 0.229 e. The molecule has 0 aromatic heterocycles. The van der Waals surface area contributed by atoms with Crippen LogP contribution in [0.2, 0.25) is 0 Å². The molecule has 1 aliphatic heterocycles. The van der Waals surface area contributed by atoms with Crippen molar-refractivity contribution in [3.63, 3.8) is 0 Å². The lowest BCUT2D eigenvalue weighted by atomic mass is 10.1. The number of unbranched alkanes of at least 4 members (excludes halogenated alkanes) is 2. The van der Waals surface area contributed by atoms with Crippen LogP contribution in [-0.4, -0.2) is 23.3 Å². The number of rotatable bonds is 4. The third-order valence-electron chi connectivity index (χ3n) is 3.12. The number of hydrogen-bond acceptors (Lipinski definition) is 2. The molecule has 0 aliphatic carbocycles. The van der Waals surface area contributed by atoms with Crippen molar-refractivity contribution >= 4 is 11.8 Å². The normalized spacial score (nSPS) is 18.1. The third kappa shape index (κ3) is 4.33. The van der Waals surface area contributed by atoms with Crippen LogP contribution in [-0.2, 0) is 9.59 Å². The molecular weight excluding hydrogens is 202 g/mol. The largest absolute Gasteiger partial charge is 0.283 e. The van der Waals surface area contributed by atoms with E-state index >= 15 is 0 Å². The highest BCUT2D eigenvalue weighted by molar-refractivity contribution is 5.95. The first kappa shape index (κ1) is 13.2. The second-order valence-electron chi connectivity index (χ2n) is 4.56. The monoisotopic (exact) mass is 225 g/mol. The quantitative estimate of drug-likeness (QED) is 0.690. The maximum atomic E-state index is 11.9. The van der Waals surface area contributed by atoms with E-state index < -0.39 is 0 Å². The van der Waals surface area contributed by atoms with Gasteiger partial charge in [-0.1, -0.05) is 32.6 Å². The van der Waals surface area contributed by atoms with E-state index in [1.165, 1.54) is 4.90 Å². The van der Waals surface area contributed by atoms with Crippen molar-refractivity contribution in [1.29, 1.82) is 0 Å². The van der Waals surface area contributed by atoms with Gasteiger partial charge in [0.2, 0.25) is 11.8 Å². The molecule has 0 aromatic rings. The molecule has 92 valence electrons. The van der Waals surface area contributed by atoms with Gasteiger partial charge in [0.1, 0.15) is 0 Å². The first-order valence-electron chi connectivity index (χ1n) is 6.59. The Labute approximate surface area is 98.2 Å². The van der Waals surface area contributed by atoms with E-state index in [1.807, 2.05) is 0 Å². The van der Waals surface area contributed by atoms with Crippen LogP contribution in [0, 0.1) is 0 Å². The predicted octanol–water partition coefficient (Wildman–Crippen LogP) is 2.89. The van der Waals surface area contributed by atoms with Crippen molar-refractivity contribution in [2.45, 2.75) is 64.7 Å². The van der Waals surface area contributed by atoms with Gasteiger partial charge in [0, 0.05) is 19.4 Å². The fourth-order valence-electron chi connectivity index (χ4n) is 2.08. The molecule has 0 atom stereocenters. The van der Waals surface area contributed by atoms with Gasteiger partial charge in [0.15, 0.2) is 0 Å². The molecule has 1 fully saturated rings. The van der Waals surface area contributed by atoms with E-state index in [0.717, 1.165) is 44.9 Å². The molecule has 0 radical (unpaired) electrons. The van der Waals surface area contributed by atoms with Crippen molar-refractivity contribution in [2.24, 2.45) is 0 Å². The van der Waals surface area contributed by atoms with Crippen molar-refractivity contribution in [1.82, 2.24) is 4.90 Å². The van der Waals surface area contributed by atoms with Gasteiger partial charge in [-0.2, -0.15) is 0 Å². The Kier molecular flexibility index (Phi) is 6.12. The van der Waals surface area contributed by atoms with Crippen LogP contribution in [0.4, 0.5) is 0 Å². The highest BCUT2D eigenvalue weighted by atomic mass is 16.2. The van der Waals surface area contributed by atoms with Crippen LogP contribution in [0.1, 0.15) is 64.7 Å². The van der Waals surface area contributed by atoms with Gasteiger partial charge >= 0.3 is 0 Å². The summed E-state index contributed by atoms with van der Waals surface area (Å²) in [4.78, 5) is 25.1. The molecule has 3 nitrogen and oxygen atoms in total. The summed E-state index contributed by atoms with van der Waals surface area (Å²) >= 11 is 0. The molecule has 1 heterocycles. The molecule has 0 unspecified atom stereocenters. The number of likely N-dealkylation sites (tertiary alicyclic amines) is 1. The van der Waals surface area contributed by atoms with E-state index in [4.69, 9.17) is 0 Å². The Bertz CT molecular complexity index is 238. The summed E-state index contributed by atoms with van der Waals surface area (Å²) < 4.78 is 0. The van der Waals surface area contributed by atoms with Gasteiger partial charge in [-0.15, -0.1) is 0 Å². The van der Waals surface area contributed by atoms with Gasteiger partial charge in [-0.25, -0.2) is 0 Å². The zero-order chi connectivity index (χ0) is 11.8. The predicted molar refractivity (Wildman–Crippen MR) is 63.9 cm³/mol. The number of carbonyl (C=O) groups excluding carboxylic acids is 2. The molecule has 1 saturated heterocycles. The standard InChI is InChI=1S/C13H23NO2/c1-2-3-6-9-12(15)14-11-8-5-4-7-10-13(14)16/h2-11H2,1H3. The van der Waals surface area contributed by atoms with Gasteiger partial charge < -0.3 is 0 Å². The Morgan fingerprint density at radius 1 is 1.19 bits per heavy atom. The molecule has 16 heavy (non-hydrogen) atoms. The minimum Gasteiger partial charge on any atom is -0.283 e. The van der Waals surface area contributed by atoms with Crippen molar-refractivity contribution in [2.75, 3.05) is 6.54 Å². The maximum Gasteiger partial charge on any atom is 0.229 e. The zero-order valence-corrected chi connectivity index (χ0v) is 10.3. The fraction of sp³-hybridized carbons (Fsp3) is 0.846. The SMILES string of the molecule is CCCCCC(=O)N1CCCCCCC1=O. The molecule has 1 aliphatic rings. The summed E-state index contributed by atoms with van der Waals surface area (Å²) in [7, 11) is 0. The van der Waals surface area contributed by atoms with E-state index in [-0.39, 0.29) is 11.8 Å². The highest BCUT2D eigenvalue weighted by Gasteiger charge is 2.21. The molecule has 0 N–H and O–H groups in total. The third-order valence-corrected chi connectivity index (χ3v) is 3.12. The number of amides is 2. The molecular formula is C13H23NO2. The van der Waals surface area contributed by atoms with Crippen molar-refractivity contribution in [3.8, 4) is 0 Å². The molecule has 3 heteroatoms. The summed E-state index contributed by atoms with van der Waals surface area (Å²) in [5, 5.41) is 0. The fourth-order valence-corrected chi connectivity index (χ4v) is 2.08. The van der Waals surface area contributed by atoms with Crippen LogP contribution in [0.15, 0.2) is 0 Å². The first-order chi connectivity index (χ1) is 7.75. The topological polar surface area (TPSA) is 37.4 Å².